The van der Waals surface area contributed by atoms with Gasteiger partial charge in [0.25, 0.3) is 11.8 Å². The highest BCUT2D eigenvalue weighted by atomic mass is 32.2. The molecule has 2 aromatic rings. The lowest BCUT2D eigenvalue weighted by Crippen LogP contribution is -2.42. The standard InChI is InChI=1S/C33H42N4O6S/c1-21-27-19-24(42-4)11-13-25(27)31-30(22-8-6-5-7-9-22)26-12-10-23-18-29(26)37(31)20-28(21)33(39)35(2)14-16-43-17-15-36(3)44(40,41)34-32(23)38/h10-13,18-19,22,25,27H,5-9,14-17,20H2,1-4H3,(H,34,38). The maximum absolute atomic E-state index is 14.2. The van der Waals surface area contributed by atoms with Crippen LogP contribution in [0.1, 0.15) is 72.5 Å². The minimum Gasteiger partial charge on any atom is -0.497 e. The molecule has 2 amide bonds. The molecule has 0 saturated heterocycles. The maximum Gasteiger partial charge on any atom is 0.303 e. The normalized spacial score (nSPS) is 25.5. The zero-order chi connectivity index (χ0) is 31.2. The Labute approximate surface area is 259 Å². The van der Waals surface area contributed by atoms with Gasteiger partial charge < -0.3 is 18.9 Å². The van der Waals surface area contributed by atoms with E-state index in [0.717, 1.165) is 57.9 Å². The van der Waals surface area contributed by atoms with Crippen LogP contribution in [0, 0.1) is 5.92 Å². The summed E-state index contributed by atoms with van der Waals surface area (Å²) in [7, 11) is 0.762. The lowest BCUT2D eigenvalue weighted by atomic mass is 9.75. The van der Waals surface area contributed by atoms with Crippen molar-refractivity contribution in [3.63, 3.8) is 0 Å². The number of amides is 2. The van der Waals surface area contributed by atoms with Crippen molar-refractivity contribution in [2.45, 2.75) is 57.4 Å². The summed E-state index contributed by atoms with van der Waals surface area (Å²) in [6.45, 7) is 3.19. The summed E-state index contributed by atoms with van der Waals surface area (Å²) in [6, 6.07) is 5.48. The van der Waals surface area contributed by atoms with Gasteiger partial charge in [0, 0.05) is 66.8 Å². The lowest BCUT2D eigenvalue weighted by Gasteiger charge is -2.30. The summed E-state index contributed by atoms with van der Waals surface area (Å²) in [5.74, 6) is 0.238. The van der Waals surface area contributed by atoms with E-state index in [1.165, 1.54) is 19.0 Å². The van der Waals surface area contributed by atoms with Crippen molar-refractivity contribution in [1.82, 2.24) is 18.5 Å². The highest BCUT2D eigenvalue weighted by Gasteiger charge is 2.38. The Morgan fingerprint density at radius 3 is 2.52 bits per heavy atom. The molecule has 4 bridgehead atoms. The zero-order valence-corrected chi connectivity index (χ0v) is 26.8. The summed E-state index contributed by atoms with van der Waals surface area (Å²) in [5, 5.41) is 1.06. The molecule has 1 N–H and O–H groups in total. The number of carbonyl (C=O) groups is 2. The zero-order valence-electron chi connectivity index (χ0n) is 26.0. The minimum atomic E-state index is -4.08. The first kappa shape index (κ1) is 30.6. The first-order valence-electron chi connectivity index (χ1n) is 15.5. The predicted molar refractivity (Wildman–Crippen MR) is 168 cm³/mol. The quantitative estimate of drug-likeness (QED) is 0.538. The monoisotopic (exact) mass is 622 g/mol. The van der Waals surface area contributed by atoms with Crippen LogP contribution in [0.5, 0.6) is 0 Å². The molecule has 6 rings (SSSR count). The van der Waals surface area contributed by atoms with Gasteiger partial charge in [-0.15, -0.1) is 0 Å². The Balaban J connectivity index is 1.60. The number of aromatic nitrogens is 1. The predicted octanol–water partition coefficient (Wildman–Crippen LogP) is 4.21. The van der Waals surface area contributed by atoms with Crippen molar-refractivity contribution >= 4 is 32.9 Å². The van der Waals surface area contributed by atoms with Crippen LogP contribution in [0.25, 0.3) is 10.9 Å². The number of hydrogen-bond acceptors (Lipinski definition) is 6. The van der Waals surface area contributed by atoms with Gasteiger partial charge in [-0.2, -0.15) is 12.7 Å². The lowest BCUT2D eigenvalue weighted by molar-refractivity contribution is -0.126. The minimum absolute atomic E-state index is 0.0333. The molecule has 2 atom stereocenters. The van der Waals surface area contributed by atoms with Gasteiger partial charge in [-0.05, 0) is 55.5 Å². The first-order chi connectivity index (χ1) is 21.1. The Morgan fingerprint density at radius 1 is 1.02 bits per heavy atom. The number of rotatable bonds is 2. The Kier molecular flexibility index (Phi) is 8.47. The molecule has 44 heavy (non-hydrogen) atoms. The van der Waals surface area contributed by atoms with Gasteiger partial charge in [0.1, 0.15) is 5.76 Å². The Hall–Kier alpha value is -3.41. The van der Waals surface area contributed by atoms with E-state index in [1.807, 2.05) is 12.1 Å². The van der Waals surface area contributed by atoms with Gasteiger partial charge in [0.2, 0.25) is 0 Å². The van der Waals surface area contributed by atoms with Crippen LogP contribution in [-0.4, -0.2) is 81.5 Å². The third kappa shape index (κ3) is 5.50. The largest absolute Gasteiger partial charge is 0.497 e. The van der Waals surface area contributed by atoms with Crippen LogP contribution in [0.15, 0.2) is 53.3 Å². The molecule has 1 aromatic heterocycles. The molecule has 2 unspecified atom stereocenters. The van der Waals surface area contributed by atoms with Crippen LogP contribution in [0.3, 0.4) is 0 Å². The number of nitrogens with zero attached hydrogens (tertiary/aromatic N) is 3. The molecule has 4 aliphatic rings. The van der Waals surface area contributed by atoms with E-state index >= 15 is 0 Å². The van der Waals surface area contributed by atoms with E-state index in [2.05, 4.69) is 28.4 Å². The molecule has 1 aromatic carbocycles. The Morgan fingerprint density at radius 2 is 1.77 bits per heavy atom. The number of fused-ring (bicyclic) bond motifs is 4. The van der Waals surface area contributed by atoms with Gasteiger partial charge in [0.05, 0.1) is 26.9 Å². The highest BCUT2D eigenvalue weighted by Crippen LogP contribution is 2.49. The smallest absolute Gasteiger partial charge is 0.303 e. The van der Waals surface area contributed by atoms with Crippen molar-refractivity contribution in [3.05, 3.63) is 70.2 Å². The number of benzene rings is 1. The number of likely N-dealkylation sites (N-methyl/N-ethyl adjacent to an activating group) is 2. The third-order valence-corrected chi connectivity index (χ3v) is 11.3. The fourth-order valence-electron chi connectivity index (χ4n) is 7.26. The molecule has 10 nitrogen and oxygen atoms in total. The molecule has 0 radical (unpaired) electrons. The second-order valence-corrected chi connectivity index (χ2v) is 14.2. The number of nitrogens with one attached hydrogen (secondary N) is 1. The average Bonchev–Trinajstić information content (AvgIpc) is 3.28. The van der Waals surface area contributed by atoms with Crippen molar-refractivity contribution < 1.29 is 27.5 Å². The maximum atomic E-state index is 14.2. The molecule has 1 fully saturated rings. The molecular weight excluding hydrogens is 580 g/mol. The summed E-state index contributed by atoms with van der Waals surface area (Å²) < 4.78 is 42.8. The molecule has 2 aliphatic carbocycles. The summed E-state index contributed by atoms with van der Waals surface area (Å²) in [4.78, 5) is 29.2. The van der Waals surface area contributed by atoms with E-state index < -0.39 is 16.1 Å². The third-order valence-electron chi connectivity index (χ3n) is 9.82. The van der Waals surface area contributed by atoms with Gasteiger partial charge in [-0.3, -0.25) is 9.59 Å². The molecule has 3 heterocycles. The number of carbonyl (C=O) groups excluding carboxylic acids is 2. The second-order valence-electron chi connectivity index (χ2n) is 12.4. The molecule has 11 heteroatoms. The van der Waals surface area contributed by atoms with E-state index in [-0.39, 0.29) is 43.1 Å². The van der Waals surface area contributed by atoms with Gasteiger partial charge >= 0.3 is 10.2 Å². The van der Waals surface area contributed by atoms with Crippen molar-refractivity contribution in [3.8, 4) is 0 Å². The molecule has 236 valence electrons. The molecule has 2 aliphatic heterocycles. The number of hydrogen-bond donors (Lipinski definition) is 1. The first-order valence-corrected chi connectivity index (χ1v) is 17.0. The highest BCUT2D eigenvalue weighted by molar-refractivity contribution is 7.87. The second kappa shape index (κ2) is 12.2. The van der Waals surface area contributed by atoms with Gasteiger partial charge in [-0.1, -0.05) is 37.0 Å². The summed E-state index contributed by atoms with van der Waals surface area (Å²) in [6.07, 6.45) is 12.0. The SMILES string of the molecule is COC1=CC2C(C)=C3Cn4c(c(C5CCCCC5)c5ccc(cc54)C(=O)NS(=O)(=O)N(C)CCOCCN(C)C3=O)C2C=C1. The van der Waals surface area contributed by atoms with Crippen LogP contribution >= 0.6 is 0 Å². The van der Waals surface area contributed by atoms with Crippen molar-refractivity contribution in [1.29, 1.82) is 0 Å². The van der Waals surface area contributed by atoms with E-state index in [9.17, 15) is 18.0 Å². The number of allylic oxidation sites excluding steroid dienone is 4. The van der Waals surface area contributed by atoms with Gasteiger partial charge in [-0.25, -0.2) is 4.72 Å². The fourth-order valence-corrected chi connectivity index (χ4v) is 8.08. The molecular formula is C33H42N4O6S. The topological polar surface area (TPSA) is 110 Å². The number of methoxy groups -OCH3 is 1. The summed E-state index contributed by atoms with van der Waals surface area (Å²) in [5.41, 5.74) is 5.23. The van der Waals surface area contributed by atoms with E-state index in [4.69, 9.17) is 9.47 Å². The molecule has 0 spiro atoms. The van der Waals surface area contributed by atoms with Crippen LogP contribution in [-0.2, 0) is 31.0 Å². The summed E-state index contributed by atoms with van der Waals surface area (Å²) >= 11 is 0. The van der Waals surface area contributed by atoms with Crippen molar-refractivity contribution in [2.24, 2.45) is 5.92 Å². The van der Waals surface area contributed by atoms with Crippen LogP contribution < -0.4 is 4.72 Å². The van der Waals surface area contributed by atoms with Crippen LogP contribution in [0.4, 0.5) is 0 Å². The Bertz CT molecular complexity index is 1680. The average molecular weight is 623 g/mol. The van der Waals surface area contributed by atoms with E-state index in [1.54, 1.807) is 31.2 Å². The van der Waals surface area contributed by atoms with Gasteiger partial charge in [0.15, 0.2) is 0 Å². The van der Waals surface area contributed by atoms with Crippen molar-refractivity contribution in [2.75, 3.05) is 47.5 Å². The van der Waals surface area contributed by atoms with E-state index in [0.29, 0.717) is 24.6 Å². The molecule has 1 saturated carbocycles. The van der Waals surface area contributed by atoms with Crippen LogP contribution in [0.2, 0.25) is 0 Å². The number of ether oxygens (including phenoxy) is 2. The fraction of sp³-hybridized carbons (Fsp3) is 0.515.